The monoisotopic (exact) mass is 351 g/mol. The van der Waals surface area contributed by atoms with E-state index in [0.29, 0.717) is 19.3 Å². The Labute approximate surface area is 151 Å². The number of aromatic nitrogens is 2. The summed E-state index contributed by atoms with van der Waals surface area (Å²) in [5, 5.41) is 4.73. The van der Waals surface area contributed by atoms with Crippen LogP contribution in [0.4, 0.5) is 5.69 Å². The second-order valence-corrected chi connectivity index (χ2v) is 6.80. The van der Waals surface area contributed by atoms with E-state index >= 15 is 0 Å². The Balaban J connectivity index is 1.53. The lowest BCUT2D eigenvalue weighted by atomic mass is 10.0. The molecule has 6 heteroatoms. The smallest absolute Gasteiger partial charge is 0.161 e. The Morgan fingerprint density at radius 3 is 2.69 bits per heavy atom. The first-order valence-electron chi connectivity index (χ1n) is 8.89. The molecule has 6 nitrogen and oxygen atoms in total. The number of aryl methyl sites for hydroxylation is 1. The molecule has 5 rings (SSSR count). The second kappa shape index (κ2) is 5.92. The highest BCUT2D eigenvalue weighted by Crippen LogP contribution is 2.37. The minimum Gasteiger partial charge on any atom is -0.486 e. The van der Waals surface area contributed by atoms with Gasteiger partial charge in [0.05, 0.1) is 29.2 Å². The Morgan fingerprint density at radius 2 is 1.88 bits per heavy atom. The summed E-state index contributed by atoms with van der Waals surface area (Å²) in [6.45, 7) is 5.09. The first-order valence-corrected chi connectivity index (χ1v) is 8.89. The van der Waals surface area contributed by atoms with E-state index in [9.17, 15) is 0 Å². The van der Waals surface area contributed by atoms with E-state index in [1.54, 1.807) is 7.11 Å². The van der Waals surface area contributed by atoms with Crippen LogP contribution in [-0.4, -0.2) is 49.1 Å². The summed E-state index contributed by atoms with van der Waals surface area (Å²) >= 11 is 0. The molecule has 26 heavy (non-hydrogen) atoms. The van der Waals surface area contributed by atoms with Gasteiger partial charge in [-0.05, 0) is 36.8 Å². The summed E-state index contributed by atoms with van der Waals surface area (Å²) in [6.07, 6.45) is 2.42. The Morgan fingerprint density at radius 1 is 1.08 bits per heavy atom. The number of hydrogen-bond donors (Lipinski definition) is 0. The summed E-state index contributed by atoms with van der Waals surface area (Å²) in [7, 11) is 1.77. The molecule has 2 aromatic heterocycles. The summed E-state index contributed by atoms with van der Waals surface area (Å²) in [4.78, 5) is 2.30. The van der Waals surface area contributed by atoms with Crippen LogP contribution in [0.2, 0.25) is 0 Å². The van der Waals surface area contributed by atoms with E-state index in [1.165, 1.54) is 5.69 Å². The lowest BCUT2D eigenvalue weighted by Crippen LogP contribution is -2.51. The Bertz CT molecular complexity index is 976. The summed E-state index contributed by atoms with van der Waals surface area (Å²) < 4.78 is 18.7. The Kier molecular flexibility index (Phi) is 3.53. The molecule has 2 aliphatic heterocycles. The van der Waals surface area contributed by atoms with Gasteiger partial charge in [-0.2, -0.15) is 5.10 Å². The number of ether oxygens (including phenoxy) is 3. The largest absolute Gasteiger partial charge is 0.486 e. The van der Waals surface area contributed by atoms with Gasteiger partial charge in [0.2, 0.25) is 0 Å². The molecular weight excluding hydrogens is 330 g/mol. The average molecular weight is 351 g/mol. The highest BCUT2D eigenvalue weighted by molar-refractivity contribution is 5.84. The SMILES string of the molecule is COC1CN(c2ccc3c(-c4ccc5c(c4)OCCO5)c(C)nn3c2)C1. The van der Waals surface area contributed by atoms with Gasteiger partial charge in [-0.25, -0.2) is 4.52 Å². The van der Waals surface area contributed by atoms with E-state index in [4.69, 9.17) is 19.3 Å². The minimum absolute atomic E-state index is 0.332. The summed E-state index contributed by atoms with van der Waals surface area (Å²) in [6, 6.07) is 10.4. The zero-order valence-corrected chi connectivity index (χ0v) is 14.9. The summed E-state index contributed by atoms with van der Waals surface area (Å²) in [5.74, 6) is 1.61. The zero-order valence-electron chi connectivity index (χ0n) is 14.9. The molecule has 0 spiro atoms. The van der Waals surface area contributed by atoms with Gasteiger partial charge in [-0.3, -0.25) is 0 Å². The van der Waals surface area contributed by atoms with E-state index in [0.717, 1.165) is 46.9 Å². The van der Waals surface area contributed by atoms with Crippen molar-refractivity contribution >= 4 is 11.2 Å². The molecule has 2 aliphatic rings. The molecule has 134 valence electrons. The van der Waals surface area contributed by atoms with Crippen LogP contribution in [0.15, 0.2) is 36.5 Å². The summed E-state index contributed by atoms with van der Waals surface area (Å²) in [5.41, 5.74) is 5.48. The fourth-order valence-electron chi connectivity index (χ4n) is 3.70. The molecular formula is C20H21N3O3. The molecule has 4 heterocycles. The minimum atomic E-state index is 0.332. The van der Waals surface area contributed by atoms with Crippen molar-refractivity contribution in [2.24, 2.45) is 0 Å². The number of hydrogen-bond acceptors (Lipinski definition) is 5. The molecule has 0 aliphatic carbocycles. The third kappa shape index (κ3) is 2.41. The first-order chi connectivity index (χ1) is 12.7. The normalized spacial score (nSPS) is 16.8. The molecule has 0 saturated carbocycles. The van der Waals surface area contributed by atoms with Crippen LogP contribution in [0.3, 0.4) is 0 Å². The first kappa shape index (κ1) is 15.5. The van der Waals surface area contributed by atoms with Crippen molar-refractivity contribution in [3.05, 3.63) is 42.2 Å². The Hall–Kier alpha value is -2.73. The maximum absolute atomic E-state index is 5.74. The van der Waals surface area contributed by atoms with Crippen molar-refractivity contribution in [2.75, 3.05) is 38.3 Å². The van der Waals surface area contributed by atoms with Crippen LogP contribution in [0.1, 0.15) is 5.69 Å². The number of benzene rings is 1. The molecule has 0 atom stereocenters. The van der Waals surface area contributed by atoms with Crippen LogP contribution in [0, 0.1) is 6.92 Å². The van der Waals surface area contributed by atoms with Crippen LogP contribution >= 0.6 is 0 Å². The van der Waals surface area contributed by atoms with Gasteiger partial charge in [0.15, 0.2) is 11.5 Å². The molecule has 0 unspecified atom stereocenters. The van der Waals surface area contributed by atoms with Gasteiger partial charge < -0.3 is 19.1 Å². The van der Waals surface area contributed by atoms with Crippen molar-refractivity contribution in [2.45, 2.75) is 13.0 Å². The topological polar surface area (TPSA) is 48.2 Å². The van der Waals surface area contributed by atoms with Crippen molar-refractivity contribution in [1.82, 2.24) is 9.61 Å². The predicted molar refractivity (Wildman–Crippen MR) is 99.4 cm³/mol. The number of fused-ring (bicyclic) bond motifs is 2. The van der Waals surface area contributed by atoms with Crippen molar-refractivity contribution < 1.29 is 14.2 Å². The molecule has 1 aromatic carbocycles. The van der Waals surface area contributed by atoms with Crippen molar-refractivity contribution in [3.8, 4) is 22.6 Å². The average Bonchev–Trinajstić information content (AvgIpc) is 2.95. The highest BCUT2D eigenvalue weighted by Gasteiger charge is 2.27. The van der Waals surface area contributed by atoms with Crippen LogP contribution in [0.5, 0.6) is 11.5 Å². The van der Waals surface area contributed by atoms with Gasteiger partial charge >= 0.3 is 0 Å². The molecule has 1 saturated heterocycles. The molecule has 0 N–H and O–H groups in total. The van der Waals surface area contributed by atoms with E-state index in [2.05, 4.69) is 29.3 Å². The highest BCUT2D eigenvalue weighted by atomic mass is 16.6. The van der Waals surface area contributed by atoms with Crippen LogP contribution < -0.4 is 14.4 Å². The lowest BCUT2D eigenvalue weighted by Gasteiger charge is -2.39. The molecule has 0 radical (unpaired) electrons. The molecule has 0 amide bonds. The predicted octanol–water partition coefficient (Wildman–Crippen LogP) is 2.92. The number of anilines is 1. The standard InChI is InChI=1S/C20H21N3O3/c1-13-20(14-3-6-18-19(9-14)26-8-7-25-18)17-5-4-15(10-23(17)21-13)22-11-16(12-22)24-2/h3-6,9-10,16H,7-8,11-12H2,1-2H3. The van der Waals surface area contributed by atoms with Crippen LogP contribution in [-0.2, 0) is 4.74 Å². The van der Waals surface area contributed by atoms with E-state index in [-0.39, 0.29) is 0 Å². The molecule has 0 bridgehead atoms. The van der Waals surface area contributed by atoms with Gasteiger partial charge in [0.1, 0.15) is 13.2 Å². The lowest BCUT2D eigenvalue weighted by molar-refractivity contribution is 0.0787. The number of nitrogens with zero attached hydrogens (tertiary/aromatic N) is 3. The third-order valence-electron chi connectivity index (χ3n) is 5.17. The maximum atomic E-state index is 5.74. The number of pyridine rings is 1. The van der Waals surface area contributed by atoms with Gasteiger partial charge in [-0.15, -0.1) is 0 Å². The third-order valence-corrected chi connectivity index (χ3v) is 5.17. The van der Waals surface area contributed by atoms with Gasteiger partial charge in [0, 0.05) is 25.8 Å². The van der Waals surface area contributed by atoms with Crippen LogP contribution in [0.25, 0.3) is 16.6 Å². The van der Waals surface area contributed by atoms with Gasteiger partial charge in [-0.1, -0.05) is 6.07 Å². The quantitative estimate of drug-likeness (QED) is 0.726. The van der Waals surface area contributed by atoms with Crippen molar-refractivity contribution in [1.29, 1.82) is 0 Å². The second-order valence-electron chi connectivity index (χ2n) is 6.80. The fourth-order valence-corrected chi connectivity index (χ4v) is 3.70. The fraction of sp³-hybridized carbons (Fsp3) is 0.350. The number of rotatable bonds is 3. The molecule has 1 fully saturated rings. The van der Waals surface area contributed by atoms with E-state index < -0.39 is 0 Å². The molecule has 3 aromatic rings. The number of methoxy groups -OCH3 is 1. The van der Waals surface area contributed by atoms with E-state index in [1.807, 2.05) is 23.6 Å². The van der Waals surface area contributed by atoms with Crippen molar-refractivity contribution in [3.63, 3.8) is 0 Å². The zero-order chi connectivity index (χ0) is 17.7. The maximum Gasteiger partial charge on any atom is 0.161 e. The van der Waals surface area contributed by atoms with Gasteiger partial charge in [0.25, 0.3) is 0 Å².